The molecule has 0 bridgehead atoms. The molecule has 0 unspecified atom stereocenters. The van der Waals surface area contributed by atoms with Crippen molar-refractivity contribution in [3.8, 4) is 0 Å². The molecule has 1 fully saturated rings. The van der Waals surface area contributed by atoms with Crippen LogP contribution in [0.3, 0.4) is 0 Å². The number of imidazole rings is 1. The lowest BCUT2D eigenvalue weighted by molar-refractivity contribution is 0.756. The second kappa shape index (κ2) is 4.56. The van der Waals surface area contributed by atoms with E-state index in [4.69, 9.17) is 0 Å². The van der Waals surface area contributed by atoms with E-state index in [1.807, 2.05) is 30.6 Å². The molecule has 4 rings (SSSR count). The van der Waals surface area contributed by atoms with E-state index in [1.165, 1.54) is 12.8 Å². The normalized spacial score (nSPS) is 14.7. The van der Waals surface area contributed by atoms with Crippen molar-refractivity contribution in [2.45, 2.75) is 18.9 Å². The van der Waals surface area contributed by atoms with Crippen LogP contribution in [-0.2, 0) is 0 Å². The predicted octanol–water partition coefficient (Wildman–Crippen LogP) is 3.67. The summed E-state index contributed by atoms with van der Waals surface area (Å²) >= 11 is 3.52. The van der Waals surface area contributed by atoms with Gasteiger partial charge in [-0.15, -0.1) is 0 Å². The summed E-state index contributed by atoms with van der Waals surface area (Å²) in [5, 5.41) is 3.31. The van der Waals surface area contributed by atoms with Crippen molar-refractivity contribution in [3.05, 3.63) is 41.4 Å². The van der Waals surface area contributed by atoms with E-state index in [2.05, 4.69) is 40.8 Å². The standard InChI is InChI=1S/C14H12BrN5/c15-10-3-1-2-4-11(10)19-13-12-14(17-7-16-13)20(8-18-12)9-5-6-9/h1-4,7-9H,5-6H2,(H,16,17,19). The van der Waals surface area contributed by atoms with Crippen LogP contribution in [0.15, 0.2) is 41.4 Å². The number of fused-ring (bicyclic) bond motifs is 1. The molecule has 0 aliphatic heterocycles. The second-order valence-electron chi connectivity index (χ2n) is 4.88. The first kappa shape index (κ1) is 11.8. The summed E-state index contributed by atoms with van der Waals surface area (Å²) in [5.74, 6) is 0.737. The average Bonchev–Trinajstić information content (AvgIpc) is 3.21. The van der Waals surface area contributed by atoms with Gasteiger partial charge in [-0.1, -0.05) is 12.1 Å². The Bertz CT molecular complexity index is 778. The van der Waals surface area contributed by atoms with Crippen LogP contribution in [0.25, 0.3) is 11.2 Å². The number of anilines is 2. The maximum Gasteiger partial charge on any atom is 0.165 e. The van der Waals surface area contributed by atoms with E-state index in [-0.39, 0.29) is 0 Å². The van der Waals surface area contributed by atoms with Crippen LogP contribution in [0.2, 0.25) is 0 Å². The number of nitrogens with one attached hydrogen (secondary N) is 1. The van der Waals surface area contributed by atoms with E-state index in [9.17, 15) is 0 Å². The van der Waals surface area contributed by atoms with E-state index < -0.39 is 0 Å². The quantitative estimate of drug-likeness (QED) is 0.796. The molecule has 1 aliphatic rings. The van der Waals surface area contributed by atoms with Gasteiger partial charge in [0.15, 0.2) is 17.0 Å². The van der Waals surface area contributed by atoms with Gasteiger partial charge in [0.05, 0.1) is 12.0 Å². The topological polar surface area (TPSA) is 55.6 Å². The van der Waals surface area contributed by atoms with Crippen LogP contribution in [0.1, 0.15) is 18.9 Å². The van der Waals surface area contributed by atoms with Gasteiger partial charge in [0.2, 0.25) is 0 Å². The predicted molar refractivity (Wildman–Crippen MR) is 81.0 cm³/mol. The minimum atomic E-state index is 0.561. The van der Waals surface area contributed by atoms with Crippen molar-refractivity contribution in [3.63, 3.8) is 0 Å². The summed E-state index contributed by atoms with van der Waals surface area (Å²) in [6, 6.07) is 8.51. The largest absolute Gasteiger partial charge is 0.337 e. The number of para-hydroxylation sites is 1. The van der Waals surface area contributed by atoms with Crippen molar-refractivity contribution >= 4 is 38.6 Å². The van der Waals surface area contributed by atoms with Gasteiger partial charge < -0.3 is 9.88 Å². The number of hydrogen-bond donors (Lipinski definition) is 1. The second-order valence-corrected chi connectivity index (χ2v) is 5.74. The third-order valence-electron chi connectivity index (χ3n) is 3.43. The van der Waals surface area contributed by atoms with Gasteiger partial charge in [0, 0.05) is 10.5 Å². The Morgan fingerprint density at radius 3 is 2.80 bits per heavy atom. The minimum absolute atomic E-state index is 0.561. The molecule has 1 saturated carbocycles. The summed E-state index contributed by atoms with van der Waals surface area (Å²) in [4.78, 5) is 13.1. The van der Waals surface area contributed by atoms with Crippen LogP contribution < -0.4 is 5.32 Å². The zero-order chi connectivity index (χ0) is 13.5. The molecule has 0 saturated heterocycles. The molecule has 0 spiro atoms. The fraction of sp³-hybridized carbons (Fsp3) is 0.214. The molecule has 1 N–H and O–H groups in total. The van der Waals surface area contributed by atoms with Crippen molar-refractivity contribution in [1.29, 1.82) is 0 Å². The molecule has 20 heavy (non-hydrogen) atoms. The highest BCUT2D eigenvalue weighted by molar-refractivity contribution is 9.10. The zero-order valence-electron chi connectivity index (χ0n) is 10.6. The smallest absolute Gasteiger partial charge is 0.165 e. The van der Waals surface area contributed by atoms with Gasteiger partial charge in [0.25, 0.3) is 0 Å². The molecule has 5 nitrogen and oxygen atoms in total. The first-order chi connectivity index (χ1) is 9.83. The lowest BCUT2D eigenvalue weighted by Crippen LogP contribution is -1.98. The number of hydrogen-bond acceptors (Lipinski definition) is 4. The van der Waals surface area contributed by atoms with Gasteiger partial charge in [-0.2, -0.15) is 0 Å². The Balaban J connectivity index is 1.78. The number of halogens is 1. The van der Waals surface area contributed by atoms with Gasteiger partial charge in [-0.3, -0.25) is 0 Å². The Labute approximate surface area is 124 Å². The number of nitrogens with zero attached hydrogens (tertiary/aromatic N) is 4. The number of benzene rings is 1. The molecule has 3 aromatic rings. The van der Waals surface area contributed by atoms with Crippen molar-refractivity contribution in [1.82, 2.24) is 19.5 Å². The summed E-state index contributed by atoms with van der Waals surface area (Å²) in [6.07, 6.45) is 5.87. The molecule has 2 heterocycles. The Hall–Kier alpha value is -1.95. The van der Waals surface area contributed by atoms with Crippen LogP contribution in [0.5, 0.6) is 0 Å². The summed E-state index contributed by atoms with van der Waals surface area (Å²) in [5.41, 5.74) is 2.68. The molecule has 0 radical (unpaired) electrons. The van der Waals surface area contributed by atoms with Crippen molar-refractivity contribution in [2.24, 2.45) is 0 Å². The molecule has 1 aliphatic carbocycles. The Morgan fingerprint density at radius 2 is 2.00 bits per heavy atom. The summed E-state index contributed by atoms with van der Waals surface area (Å²) in [6.45, 7) is 0. The molecule has 1 aromatic carbocycles. The third-order valence-corrected chi connectivity index (χ3v) is 4.12. The highest BCUT2D eigenvalue weighted by Gasteiger charge is 2.26. The van der Waals surface area contributed by atoms with Crippen LogP contribution in [0, 0.1) is 0 Å². The molecular formula is C14H12BrN5. The van der Waals surface area contributed by atoms with Gasteiger partial charge in [-0.25, -0.2) is 15.0 Å². The highest BCUT2D eigenvalue weighted by atomic mass is 79.9. The molecular weight excluding hydrogens is 318 g/mol. The van der Waals surface area contributed by atoms with Crippen LogP contribution in [-0.4, -0.2) is 19.5 Å². The minimum Gasteiger partial charge on any atom is -0.337 e. The van der Waals surface area contributed by atoms with E-state index in [0.29, 0.717) is 6.04 Å². The van der Waals surface area contributed by atoms with Gasteiger partial charge >= 0.3 is 0 Å². The van der Waals surface area contributed by atoms with Crippen molar-refractivity contribution in [2.75, 3.05) is 5.32 Å². The van der Waals surface area contributed by atoms with Crippen LogP contribution >= 0.6 is 15.9 Å². The SMILES string of the molecule is Brc1ccccc1Nc1ncnc2c1ncn2C1CC1. The first-order valence-corrected chi connectivity index (χ1v) is 7.31. The lowest BCUT2D eigenvalue weighted by atomic mass is 10.3. The Morgan fingerprint density at radius 1 is 1.15 bits per heavy atom. The van der Waals surface area contributed by atoms with Crippen molar-refractivity contribution < 1.29 is 0 Å². The average molecular weight is 330 g/mol. The molecule has 0 atom stereocenters. The van der Waals surface area contributed by atoms with Gasteiger partial charge in [-0.05, 0) is 40.9 Å². The van der Waals surface area contributed by atoms with E-state index in [1.54, 1.807) is 6.33 Å². The lowest BCUT2D eigenvalue weighted by Gasteiger charge is -2.08. The van der Waals surface area contributed by atoms with Gasteiger partial charge in [0.1, 0.15) is 6.33 Å². The molecule has 2 aromatic heterocycles. The highest BCUT2D eigenvalue weighted by Crippen LogP contribution is 2.37. The maximum absolute atomic E-state index is 4.47. The third kappa shape index (κ3) is 1.96. The Kier molecular flexibility index (Phi) is 2.70. The number of aromatic nitrogens is 4. The molecule has 6 heteroatoms. The van der Waals surface area contributed by atoms with E-state index in [0.717, 1.165) is 27.1 Å². The summed E-state index contributed by atoms with van der Waals surface area (Å²) < 4.78 is 3.13. The summed E-state index contributed by atoms with van der Waals surface area (Å²) in [7, 11) is 0. The number of rotatable bonds is 3. The fourth-order valence-electron chi connectivity index (χ4n) is 2.25. The maximum atomic E-state index is 4.47. The fourth-order valence-corrected chi connectivity index (χ4v) is 2.64. The monoisotopic (exact) mass is 329 g/mol. The zero-order valence-corrected chi connectivity index (χ0v) is 12.2. The molecule has 0 amide bonds. The molecule has 100 valence electrons. The van der Waals surface area contributed by atoms with Crippen LogP contribution in [0.4, 0.5) is 11.5 Å². The first-order valence-electron chi connectivity index (χ1n) is 6.52. The van der Waals surface area contributed by atoms with E-state index >= 15 is 0 Å².